The molecule has 1 fully saturated rings. The Morgan fingerprint density at radius 3 is 2.74 bits per heavy atom. The summed E-state index contributed by atoms with van der Waals surface area (Å²) in [5, 5.41) is 13.2. The molecule has 1 saturated heterocycles. The number of aryl methyl sites for hydroxylation is 1. The molecule has 0 atom stereocenters. The molecular formula is C19H27N4O3S+. The summed E-state index contributed by atoms with van der Waals surface area (Å²) < 4.78 is 5.03. The molecule has 0 radical (unpaired) electrons. The number of piperazine rings is 1. The number of carbonyl (C=O) groups is 2. The van der Waals surface area contributed by atoms with E-state index in [4.69, 9.17) is 4.74 Å². The average Bonchev–Trinajstić information content (AvgIpc) is 3.03. The Morgan fingerprint density at radius 2 is 2.04 bits per heavy atom. The minimum atomic E-state index is -0.250. The molecule has 0 saturated carbocycles. The standard InChI is InChI=1S/C19H26N4O3S/c1-2-26-19(25)23-11-9-22(10-12-23)8-7-17(24)21-18-15(13-20)14-5-3-4-6-16(14)27-18/h2-12H2,1H3,(H,21,24)/p+1. The van der Waals surface area contributed by atoms with Gasteiger partial charge in [0.2, 0.25) is 5.91 Å². The minimum absolute atomic E-state index is 0.0366. The number of carbonyl (C=O) groups excluding carboxylic acids is 2. The summed E-state index contributed by atoms with van der Waals surface area (Å²) in [6.07, 6.45) is 4.40. The Balaban J connectivity index is 1.47. The predicted molar refractivity (Wildman–Crippen MR) is 103 cm³/mol. The fourth-order valence-electron chi connectivity index (χ4n) is 3.72. The van der Waals surface area contributed by atoms with Gasteiger partial charge >= 0.3 is 6.09 Å². The van der Waals surface area contributed by atoms with Gasteiger partial charge in [-0.2, -0.15) is 5.26 Å². The highest BCUT2D eigenvalue weighted by atomic mass is 32.1. The van der Waals surface area contributed by atoms with E-state index >= 15 is 0 Å². The molecule has 2 heterocycles. The molecule has 1 aromatic heterocycles. The van der Waals surface area contributed by atoms with Crippen LogP contribution in [0.3, 0.4) is 0 Å². The van der Waals surface area contributed by atoms with E-state index in [1.54, 1.807) is 23.2 Å². The normalized spacial score (nSPS) is 17.1. The van der Waals surface area contributed by atoms with E-state index in [1.165, 1.54) is 9.78 Å². The lowest BCUT2D eigenvalue weighted by Gasteiger charge is -2.31. The van der Waals surface area contributed by atoms with Gasteiger partial charge in [-0.1, -0.05) is 0 Å². The Labute approximate surface area is 163 Å². The number of quaternary nitrogens is 1. The largest absolute Gasteiger partial charge is 0.450 e. The van der Waals surface area contributed by atoms with Gasteiger partial charge in [0.25, 0.3) is 0 Å². The second-order valence-corrected chi connectivity index (χ2v) is 8.12. The van der Waals surface area contributed by atoms with Crippen LogP contribution in [0.4, 0.5) is 9.80 Å². The van der Waals surface area contributed by atoms with Crippen molar-refractivity contribution in [1.82, 2.24) is 4.90 Å². The van der Waals surface area contributed by atoms with E-state index in [9.17, 15) is 14.9 Å². The first-order chi connectivity index (χ1) is 13.1. The first-order valence-corrected chi connectivity index (χ1v) is 10.5. The molecule has 1 aliphatic heterocycles. The summed E-state index contributed by atoms with van der Waals surface area (Å²) in [6.45, 7) is 5.89. The molecule has 1 aliphatic carbocycles. The van der Waals surface area contributed by atoms with E-state index in [0.717, 1.165) is 55.9 Å². The van der Waals surface area contributed by atoms with Crippen LogP contribution in [0.2, 0.25) is 0 Å². The Morgan fingerprint density at radius 1 is 1.30 bits per heavy atom. The smallest absolute Gasteiger partial charge is 0.410 e. The van der Waals surface area contributed by atoms with Crippen molar-refractivity contribution in [2.45, 2.75) is 39.0 Å². The topological polar surface area (TPSA) is 86.9 Å². The molecule has 8 heteroatoms. The highest BCUT2D eigenvalue weighted by Gasteiger charge is 2.25. The zero-order chi connectivity index (χ0) is 19.2. The van der Waals surface area contributed by atoms with Crippen molar-refractivity contribution >= 4 is 28.3 Å². The molecule has 0 aromatic carbocycles. The average molecular weight is 392 g/mol. The number of hydrogen-bond acceptors (Lipinski definition) is 5. The number of nitrogens with zero attached hydrogens (tertiary/aromatic N) is 2. The number of anilines is 1. The Bertz CT molecular complexity index is 732. The van der Waals surface area contributed by atoms with Crippen molar-refractivity contribution < 1.29 is 19.2 Å². The van der Waals surface area contributed by atoms with Crippen LogP contribution in [-0.2, 0) is 22.4 Å². The molecule has 2 aliphatic rings. The maximum Gasteiger partial charge on any atom is 0.410 e. The first kappa shape index (κ1) is 19.6. The molecule has 27 heavy (non-hydrogen) atoms. The molecule has 0 unspecified atom stereocenters. The van der Waals surface area contributed by atoms with Gasteiger partial charge in [-0.05, 0) is 38.2 Å². The van der Waals surface area contributed by atoms with Crippen molar-refractivity contribution in [1.29, 1.82) is 5.26 Å². The first-order valence-electron chi connectivity index (χ1n) is 9.72. The maximum atomic E-state index is 12.4. The number of hydrogen-bond donors (Lipinski definition) is 2. The van der Waals surface area contributed by atoms with Crippen LogP contribution in [0.1, 0.15) is 42.2 Å². The fraction of sp³-hybridized carbons (Fsp3) is 0.632. The van der Waals surface area contributed by atoms with Crippen LogP contribution < -0.4 is 10.2 Å². The number of fused-ring (bicyclic) bond motifs is 1. The van der Waals surface area contributed by atoms with Gasteiger partial charge in [-0.3, -0.25) is 9.69 Å². The van der Waals surface area contributed by atoms with Crippen molar-refractivity contribution in [2.24, 2.45) is 0 Å². The summed E-state index contributed by atoms with van der Waals surface area (Å²) >= 11 is 1.57. The fourth-order valence-corrected chi connectivity index (χ4v) is 4.98. The monoisotopic (exact) mass is 391 g/mol. The number of nitriles is 1. The number of nitrogens with one attached hydrogen (secondary N) is 2. The number of ether oxygens (including phenoxy) is 1. The molecule has 0 spiro atoms. The van der Waals surface area contributed by atoms with Gasteiger partial charge in [-0.15, -0.1) is 11.3 Å². The van der Waals surface area contributed by atoms with E-state index in [-0.39, 0.29) is 12.0 Å². The highest BCUT2D eigenvalue weighted by Crippen LogP contribution is 2.37. The van der Waals surface area contributed by atoms with Gasteiger partial charge in [0, 0.05) is 4.88 Å². The zero-order valence-electron chi connectivity index (χ0n) is 15.8. The van der Waals surface area contributed by atoms with Gasteiger partial charge in [-0.25, -0.2) is 4.79 Å². The third kappa shape index (κ3) is 4.79. The van der Waals surface area contributed by atoms with Gasteiger partial charge < -0.3 is 15.0 Å². The predicted octanol–water partition coefficient (Wildman–Crippen LogP) is 1.18. The third-order valence-corrected chi connectivity index (χ3v) is 6.45. The van der Waals surface area contributed by atoms with Crippen molar-refractivity contribution in [2.75, 3.05) is 44.6 Å². The van der Waals surface area contributed by atoms with Crippen molar-refractivity contribution in [3.63, 3.8) is 0 Å². The minimum Gasteiger partial charge on any atom is -0.450 e. The summed E-state index contributed by atoms with van der Waals surface area (Å²) in [4.78, 5) is 28.4. The summed E-state index contributed by atoms with van der Waals surface area (Å²) in [6, 6.07) is 2.28. The van der Waals surface area contributed by atoms with Crippen molar-refractivity contribution in [3.8, 4) is 6.07 Å². The lowest BCUT2D eigenvalue weighted by atomic mass is 9.96. The van der Waals surface area contributed by atoms with Crippen LogP contribution >= 0.6 is 11.3 Å². The lowest BCUT2D eigenvalue weighted by molar-refractivity contribution is -0.903. The van der Waals surface area contributed by atoms with Gasteiger partial charge in [0.1, 0.15) is 11.1 Å². The van der Waals surface area contributed by atoms with E-state index < -0.39 is 0 Å². The van der Waals surface area contributed by atoms with Crippen LogP contribution in [-0.4, -0.2) is 56.2 Å². The van der Waals surface area contributed by atoms with E-state index in [0.29, 0.717) is 31.7 Å². The lowest BCUT2D eigenvalue weighted by Crippen LogP contribution is -3.15. The summed E-state index contributed by atoms with van der Waals surface area (Å²) in [5.41, 5.74) is 1.81. The number of thiophene rings is 1. The van der Waals surface area contributed by atoms with E-state index in [2.05, 4.69) is 11.4 Å². The molecule has 2 amide bonds. The molecule has 1 aromatic rings. The number of amides is 2. The van der Waals surface area contributed by atoms with Crippen molar-refractivity contribution in [3.05, 3.63) is 16.0 Å². The molecule has 3 rings (SSSR count). The van der Waals surface area contributed by atoms with Crippen LogP contribution in [0.5, 0.6) is 0 Å². The molecular weight excluding hydrogens is 364 g/mol. The van der Waals surface area contributed by atoms with Crippen LogP contribution in [0, 0.1) is 11.3 Å². The quantitative estimate of drug-likeness (QED) is 0.789. The Kier molecular flexibility index (Phi) is 6.69. The molecule has 146 valence electrons. The van der Waals surface area contributed by atoms with Gasteiger partial charge in [0.15, 0.2) is 0 Å². The Hall–Kier alpha value is -2.11. The van der Waals surface area contributed by atoms with E-state index in [1.807, 2.05) is 0 Å². The SMILES string of the molecule is CCOC(=O)N1CC[NH+](CCC(=O)Nc2sc3c(c2C#N)CCCC3)CC1. The second kappa shape index (κ2) is 9.20. The number of rotatable bonds is 5. The summed E-state index contributed by atoms with van der Waals surface area (Å²) in [5.74, 6) is -0.0366. The highest BCUT2D eigenvalue weighted by molar-refractivity contribution is 7.16. The summed E-state index contributed by atoms with van der Waals surface area (Å²) in [7, 11) is 0. The second-order valence-electron chi connectivity index (χ2n) is 7.01. The van der Waals surface area contributed by atoms with Crippen LogP contribution in [0.15, 0.2) is 0 Å². The van der Waals surface area contributed by atoms with Gasteiger partial charge in [0.05, 0.1) is 51.3 Å². The molecule has 0 bridgehead atoms. The maximum absolute atomic E-state index is 12.4. The molecule has 7 nitrogen and oxygen atoms in total. The third-order valence-electron chi connectivity index (χ3n) is 5.24. The van der Waals surface area contributed by atoms with Crippen LogP contribution in [0.25, 0.3) is 0 Å². The molecule has 2 N–H and O–H groups in total. The zero-order valence-corrected chi connectivity index (χ0v) is 16.6.